The van der Waals surface area contributed by atoms with Gasteiger partial charge < -0.3 is 4.74 Å². The van der Waals surface area contributed by atoms with Crippen molar-refractivity contribution in [3.8, 4) is 0 Å². The zero-order chi connectivity index (χ0) is 14.6. The Morgan fingerprint density at radius 3 is 2.75 bits per heavy atom. The predicted octanol–water partition coefficient (Wildman–Crippen LogP) is 1.33. The molecule has 20 heavy (non-hydrogen) atoms. The Kier molecular flexibility index (Phi) is 5.51. The molecule has 1 saturated heterocycles. The summed E-state index contributed by atoms with van der Waals surface area (Å²) in [6.45, 7) is 7.94. The Bertz CT molecular complexity index is 435. The highest BCUT2D eigenvalue weighted by atomic mass is 79.9. The second-order valence-electron chi connectivity index (χ2n) is 5.69. The number of morpholine rings is 1. The van der Waals surface area contributed by atoms with Crippen LogP contribution in [-0.2, 0) is 11.2 Å². The largest absolute Gasteiger partial charge is 0.379 e. The summed E-state index contributed by atoms with van der Waals surface area (Å²) in [4.78, 5) is 6.65. The second kappa shape index (κ2) is 6.95. The summed E-state index contributed by atoms with van der Waals surface area (Å²) in [5.41, 5.74) is 4.11. The first-order valence-corrected chi connectivity index (χ1v) is 7.71. The van der Waals surface area contributed by atoms with Crippen LogP contribution in [0.25, 0.3) is 0 Å². The molecule has 0 radical (unpaired) electrons. The Morgan fingerprint density at radius 2 is 2.15 bits per heavy atom. The molecule has 0 aromatic carbocycles. The van der Waals surface area contributed by atoms with Crippen molar-refractivity contribution in [2.75, 3.05) is 26.3 Å². The van der Waals surface area contributed by atoms with Gasteiger partial charge in [0.1, 0.15) is 0 Å². The average molecular weight is 343 g/mol. The molecule has 1 fully saturated rings. The molecule has 112 valence electrons. The topological polar surface area (TPSA) is 63.4 Å². The van der Waals surface area contributed by atoms with Crippen molar-refractivity contribution in [2.24, 2.45) is 5.84 Å². The van der Waals surface area contributed by atoms with Gasteiger partial charge >= 0.3 is 0 Å². The number of halogens is 1. The van der Waals surface area contributed by atoms with Crippen LogP contribution in [-0.4, -0.2) is 47.8 Å². The highest BCUT2D eigenvalue weighted by Gasteiger charge is 2.35. The molecule has 3 N–H and O–H groups in total. The number of aromatic nitrogens is 1. The molecule has 0 bridgehead atoms. The average Bonchev–Trinajstić information content (AvgIpc) is 2.45. The third-order valence-corrected chi connectivity index (χ3v) is 4.52. The van der Waals surface area contributed by atoms with Crippen molar-refractivity contribution in [3.05, 3.63) is 28.5 Å². The molecule has 1 unspecified atom stereocenters. The smallest absolute Gasteiger partial charge is 0.0594 e. The van der Waals surface area contributed by atoms with Gasteiger partial charge in [0.25, 0.3) is 0 Å². The molecular formula is C14H23BrN4O. The fraction of sp³-hybridized carbons (Fsp3) is 0.643. The van der Waals surface area contributed by atoms with Gasteiger partial charge in [0.15, 0.2) is 0 Å². The van der Waals surface area contributed by atoms with Gasteiger partial charge in [0.05, 0.1) is 13.2 Å². The van der Waals surface area contributed by atoms with Crippen LogP contribution in [0.4, 0.5) is 0 Å². The van der Waals surface area contributed by atoms with Gasteiger partial charge in [-0.15, -0.1) is 0 Å². The van der Waals surface area contributed by atoms with E-state index < -0.39 is 0 Å². The maximum Gasteiger partial charge on any atom is 0.0594 e. The van der Waals surface area contributed by atoms with Crippen LogP contribution in [0.5, 0.6) is 0 Å². The SMILES string of the molecule is CC(C)(C(Cc1cncc(Br)c1)NN)N1CCOCC1. The summed E-state index contributed by atoms with van der Waals surface area (Å²) < 4.78 is 6.43. The summed E-state index contributed by atoms with van der Waals surface area (Å²) in [6.07, 6.45) is 4.53. The number of nitrogens with zero attached hydrogens (tertiary/aromatic N) is 2. The Balaban J connectivity index is 2.09. The van der Waals surface area contributed by atoms with Crippen molar-refractivity contribution in [1.29, 1.82) is 0 Å². The van der Waals surface area contributed by atoms with E-state index in [1.165, 1.54) is 5.56 Å². The van der Waals surface area contributed by atoms with E-state index in [4.69, 9.17) is 10.6 Å². The Hall–Kier alpha value is -0.530. The lowest BCUT2D eigenvalue weighted by Gasteiger charge is -2.45. The lowest BCUT2D eigenvalue weighted by molar-refractivity contribution is -0.0233. The molecule has 1 aliphatic rings. The van der Waals surface area contributed by atoms with Crippen LogP contribution >= 0.6 is 15.9 Å². The Labute approximate surface area is 129 Å². The standard InChI is InChI=1S/C14H23BrN4O/c1-14(2,19-3-5-20-6-4-19)13(18-16)8-11-7-12(15)10-17-9-11/h7,9-10,13,18H,3-6,8,16H2,1-2H3. The molecule has 0 aliphatic carbocycles. The van der Waals surface area contributed by atoms with Crippen LogP contribution < -0.4 is 11.3 Å². The minimum absolute atomic E-state index is 0.0408. The molecule has 1 aromatic heterocycles. The molecule has 0 spiro atoms. The van der Waals surface area contributed by atoms with Gasteiger partial charge in [0.2, 0.25) is 0 Å². The fourth-order valence-corrected chi connectivity index (χ4v) is 3.09. The minimum atomic E-state index is -0.0408. The van der Waals surface area contributed by atoms with Crippen LogP contribution in [0.15, 0.2) is 22.9 Å². The van der Waals surface area contributed by atoms with E-state index in [-0.39, 0.29) is 11.6 Å². The minimum Gasteiger partial charge on any atom is -0.379 e. The predicted molar refractivity (Wildman–Crippen MR) is 83.2 cm³/mol. The van der Waals surface area contributed by atoms with Gasteiger partial charge in [-0.3, -0.25) is 21.2 Å². The summed E-state index contributed by atoms with van der Waals surface area (Å²) in [5.74, 6) is 5.81. The number of hydrogen-bond acceptors (Lipinski definition) is 5. The van der Waals surface area contributed by atoms with E-state index in [1.54, 1.807) is 6.20 Å². The van der Waals surface area contributed by atoms with Crippen molar-refractivity contribution < 1.29 is 4.74 Å². The number of ether oxygens (including phenoxy) is 1. The monoisotopic (exact) mass is 342 g/mol. The first-order chi connectivity index (χ1) is 9.54. The quantitative estimate of drug-likeness (QED) is 0.624. The molecule has 1 aliphatic heterocycles. The zero-order valence-electron chi connectivity index (χ0n) is 12.1. The molecule has 1 atom stereocenters. The fourth-order valence-electron chi connectivity index (χ4n) is 2.68. The molecule has 0 amide bonds. The van der Waals surface area contributed by atoms with Crippen LogP contribution in [0, 0.1) is 0 Å². The van der Waals surface area contributed by atoms with Crippen LogP contribution in [0.2, 0.25) is 0 Å². The molecule has 1 aromatic rings. The van der Waals surface area contributed by atoms with E-state index in [1.807, 2.05) is 6.20 Å². The first-order valence-electron chi connectivity index (χ1n) is 6.92. The molecule has 2 rings (SSSR count). The van der Waals surface area contributed by atoms with Crippen molar-refractivity contribution in [1.82, 2.24) is 15.3 Å². The first kappa shape index (κ1) is 15.9. The molecule has 2 heterocycles. The van der Waals surface area contributed by atoms with Crippen LogP contribution in [0.1, 0.15) is 19.4 Å². The lowest BCUT2D eigenvalue weighted by atomic mass is 9.88. The van der Waals surface area contributed by atoms with E-state index in [2.05, 4.69) is 51.2 Å². The maximum atomic E-state index is 5.81. The summed E-state index contributed by atoms with van der Waals surface area (Å²) in [7, 11) is 0. The number of nitrogens with one attached hydrogen (secondary N) is 1. The van der Waals surface area contributed by atoms with E-state index in [0.29, 0.717) is 0 Å². The van der Waals surface area contributed by atoms with Crippen molar-refractivity contribution in [3.63, 3.8) is 0 Å². The maximum absolute atomic E-state index is 5.81. The number of hydrazine groups is 1. The van der Waals surface area contributed by atoms with Gasteiger partial charge in [-0.2, -0.15) is 0 Å². The molecular weight excluding hydrogens is 320 g/mol. The van der Waals surface area contributed by atoms with Gasteiger partial charge in [-0.05, 0) is 47.8 Å². The molecule has 0 saturated carbocycles. The highest BCUT2D eigenvalue weighted by Crippen LogP contribution is 2.23. The number of rotatable bonds is 5. The van der Waals surface area contributed by atoms with Crippen molar-refractivity contribution >= 4 is 15.9 Å². The number of nitrogens with two attached hydrogens (primary N) is 1. The van der Waals surface area contributed by atoms with E-state index >= 15 is 0 Å². The summed E-state index contributed by atoms with van der Waals surface area (Å²) >= 11 is 3.46. The van der Waals surface area contributed by atoms with Gasteiger partial charge in [0, 0.05) is 41.5 Å². The van der Waals surface area contributed by atoms with Crippen molar-refractivity contribution in [2.45, 2.75) is 31.8 Å². The Morgan fingerprint density at radius 1 is 1.45 bits per heavy atom. The van der Waals surface area contributed by atoms with Crippen LogP contribution in [0.3, 0.4) is 0 Å². The normalized spacial score (nSPS) is 19.0. The number of hydrogen-bond donors (Lipinski definition) is 2. The third kappa shape index (κ3) is 3.77. The zero-order valence-corrected chi connectivity index (χ0v) is 13.7. The van der Waals surface area contributed by atoms with E-state index in [0.717, 1.165) is 37.2 Å². The lowest BCUT2D eigenvalue weighted by Crippen LogP contribution is -2.62. The summed E-state index contributed by atoms with van der Waals surface area (Å²) in [6, 6.07) is 2.24. The molecule has 6 heteroatoms. The second-order valence-corrected chi connectivity index (χ2v) is 6.60. The highest BCUT2D eigenvalue weighted by molar-refractivity contribution is 9.10. The van der Waals surface area contributed by atoms with E-state index in [9.17, 15) is 0 Å². The number of pyridine rings is 1. The van der Waals surface area contributed by atoms with Gasteiger partial charge in [-0.25, -0.2) is 0 Å². The third-order valence-electron chi connectivity index (χ3n) is 4.08. The molecule has 5 nitrogen and oxygen atoms in total. The van der Waals surface area contributed by atoms with Gasteiger partial charge in [-0.1, -0.05) is 0 Å². The summed E-state index contributed by atoms with van der Waals surface area (Å²) in [5, 5.41) is 0.